The Balaban J connectivity index is 0.972. The normalized spacial score (nSPS) is 13.2. The highest BCUT2D eigenvalue weighted by molar-refractivity contribution is 6.09. The van der Waals surface area contributed by atoms with E-state index in [4.69, 9.17) is 9.72 Å². The van der Waals surface area contributed by atoms with Crippen molar-refractivity contribution in [3.05, 3.63) is 217 Å². The highest BCUT2D eigenvalue weighted by Gasteiger charge is 2.31. The second kappa shape index (κ2) is 16.8. The smallest absolute Gasteiger partial charge is 0.137 e. The summed E-state index contributed by atoms with van der Waals surface area (Å²) < 4.78 is 28.1. The molecule has 3 heterocycles. The van der Waals surface area contributed by atoms with Crippen LogP contribution in [0.4, 0.5) is 22.7 Å². The van der Waals surface area contributed by atoms with Crippen molar-refractivity contribution in [2.24, 2.45) is 0 Å². The number of ether oxygens (including phenoxy) is 1. The molecule has 0 amide bonds. The number of pyridine rings is 1. The lowest BCUT2D eigenvalue weighted by atomic mass is 9.79. The fourth-order valence-corrected chi connectivity index (χ4v) is 9.73. The summed E-state index contributed by atoms with van der Waals surface area (Å²) in [6.45, 7) is 15.9. The number of anilines is 4. The van der Waals surface area contributed by atoms with Gasteiger partial charge in [0.25, 0.3) is 0 Å². The third kappa shape index (κ3) is 7.78. The van der Waals surface area contributed by atoms with Crippen LogP contribution in [0.25, 0.3) is 61.0 Å². The molecule has 68 heavy (non-hydrogen) atoms. The fraction of sp³-hybridized carbons (Fsp3) is 0.159. The number of aromatic nitrogens is 2. The Morgan fingerprint density at radius 1 is 0.500 bits per heavy atom. The van der Waals surface area contributed by atoms with Crippen LogP contribution >= 0.6 is 0 Å². The average molecular weight is 887 g/mol. The molecule has 0 unspecified atom stereocenters. The lowest BCUT2D eigenvalue weighted by Crippen LogP contribution is -2.24. The maximum Gasteiger partial charge on any atom is 0.137 e. The van der Waals surface area contributed by atoms with Gasteiger partial charge in [0.15, 0.2) is 0 Å². The monoisotopic (exact) mass is 886 g/mol. The van der Waals surface area contributed by atoms with E-state index in [9.17, 15) is 2.74 Å². The Hall–Kier alpha value is -7.89. The van der Waals surface area contributed by atoms with Gasteiger partial charge in [-0.3, -0.25) is 4.57 Å². The molecule has 0 saturated carbocycles. The summed E-state index contributed by atoms with van der Waals surface area (Å²) in [6.07, 6.45) is 0.145. The van der Waals surface area contributed by atoms with Gasteiger partial charge in [-0.15, -0.1) is 0 Å². The summed E-state index contributed by atoms with van der Waals surface area (Å²) in [5.41, 5.74) is 15.3. The lowest BCUT2D eigenvalue weighted by molar-refractivity contribution is 0.483. The van der Waals surface area contributed by atoms with Gasteiger partial charge in [0.2, 0.25) is 0 Å². The van der Waals surface area contributed by atoms with Crippen molar-refractivity contribution in [3.8, 4) is 50.7 Å². The summed E-state index contributed by atoms with van der Waals surface area (Å²) in [7, 11) is 0. The van der Waals surface area contributed by atoms with E-state index in [1.165, 1.54) is 22.3 Å². The van der Waals surface area contributed by atoms with E-state index < -0.39 is 0 Å². The van der Waals surface area contributed by atoms with E-state index in [1.54, 1.807) is 0 Å². The molecule has 0 saturated heterocycles. The van der Waals surface area contributed by atoms with Crippen molar-refractivity contribution in [3.63, 3.8) is 0 Å². The Labute approximate surface area is 403 Å². The van der Waals surface area contributed by atoms with Crippen LogP contribution in [-0.2, 0) is 10.8 Å². The molecule has 10 aromatic rings. The summed E-state index contributed by atoms with van der Waals surface area (Å²) in [4.78, 5) is 9.79. The van der Waals surface area contributed by atoms with Crippen LogP contribution in [0.2, 0.25) is 0 Å². The minimum Gasteiger partial charge on any atom is -0.457 e. The molecule has 5 heteroatoms. The minimum absolute atomic E-state index is 0.100. The number of rotatable bonds is 8. The molecule has 0 atom stereocenters. The highest BCUT2D eigenvalue weighted by atomic mass is 16.5. The van der Waals surface area contributed by atoms with Crippen LogP contribution in [0.3, 0.4) is 0 Å². The van der Waals surface area contributed by atoms with E-state index in [2.05, 4.69) is 209 Å². The molecule has 1 aliphatic rings. The van der Waals surface area contributed by atoms with E-state index in [0.717, 1.165) is 66.8 Å². The van der Waals surface area contributed by atoms with Crippen LogP contribution in [0.5, 0.6) is 11.5 Å². The number of nitrogens with zero attached hydrogens (tertiary/aromatic N) is 4. The van der Waals surface area contributed by atoms with Crippen LogP contribution in [0.1, 0.15) is 61.0 Å². The van der Waals surface area contributed by atoms with Gasteiger partial charge < -0.3 is 14.5 Å². The zero-order chi connectivity index (χ0) is 48.5. The molecule has 0 aliphatic carbocycles. The van der Waals surface area contributed by atoms with Gasteiger partial charge >= 0.3 is 0 Å². The van der Waals surface area contributed by atoms with Crippen molar-refractivity contribution in [2.45, 2.75) is 59.3 Å². The minimum atomic E-state index is -0.100. The van der Waals surface area contributed by atoms with E-state index >= 15 is 0 Å². The third-order valence-electron chi connectivity index (χ3n) is 13.3. The second-order valence-electron chi connectivity index (χ2n) is 20.0. The SMILES string of the molecule is [2H]c1nc(-n2c3ccccc3c3ccc(Oc4cccc(N5CN(c6c(-c7ccccc7)cccc6-c6ccccc6)c6ccccc65)c4)cc32)c([2H])c(C)c1-c1cc(C(C)(C)C)cc(C(C)(C)C)c1. The van der Waals surface area contributed by atoms with Crippen molar-refractivity contribution in [1.82, 2.24) is 9.55 Å². The molecular weight excluding hydrogens is 829 g/mol. The molecule has 0 radical (unpaired) electrons. The van der Waals surface area contributed by atoms with E-state index in [-0.39, 0.29) is 23.0 Å². The molecule has 11 rings (SSSR count). The Morgan fingerprint density at radius 3 is 1.74 bits per heavy atom. The molecule has 0 bridgehead atoms. The first-order valence-corrected chi connectivity index (χ1v) is 23.6. The van der Waals surface area contributed by atoms with Crippen molar-refractivity contribution in [2.75, 3.05) is 16.5 Å². The van der Waals surface area contributed by atoms with Crippen LogP contribution in [-0.4, -0.2) is 16.2 Å². The molecule has 5 nitrogen and oxygen atoms in total. The van der Waals surface area contributed by atoms with E-state index in [0.29, 0.717) is 29.5 Å². The third-order valence-corrected chi connectivity index (χ3v) is 13.3. The van der Waals surface area contributed by atoms with Gasteiger partial charge in [0.05, 0.1) is 30.8 Å². The van der Waals surface area contributed by atoms with Gasteiger partial charge in [-0.05, 0) is 99.6 Å². The lowest BCUT2D eigenvalue weighted by Gasteiger charge is -2.27. The molecule has 0 N–H and O–H groups in total. The Morgan fingerprint density at radius 2 is 1.07 bits per heavy atom. The van der Waals surface area contributed by atoms with Crippen molar-refractivity contribution >= 4 is 44.6 Å². The summed E-state index contributed by atoms with van der Waals surface area (Å²) in [6, 6.07) is 66.1. The van der Waals surface area contributed by atoms with Crippen LogP contribution < -0.4 is 14.5 Å². The van der Waals surface area contributed by atoms with Gasteiger partial charge in [-0.2, -0.15) is 0 Å². The summed E-state index contributed by atoms with van der Waals surface area (Å²) >= 11 is 0. The molecule has 8 aromatic carbocycles. The molecule has 1 aliphatic heterocycles. The van der Waals surface area contributed by atoms with Gasteiger partial charge in [-0.1, -0.05) is 175 Å². The average Bonchev–Trinajstić information content (AvgIpc) is 3.91. The number of para-hydroxylation sites is 4. The molecular formula is C63H56N4O. The highest BCUT2D eigenvalue weighted by Crippen LogP contribution is 2.50. The number of benzene rings is 8. The zero-order valence-corrected chi connectivity index (χ0v) is 39.8. The fourth-order valence-electron chi connectivity index (χ4n) is 9.73. The predicted molar refractivity (Wildman–Crippen MR) is 286 cm³/mol. The topological polar surface area (TPSA) is 33.5 Å². The summed E-state index contributed by atoms with van der Waals surface area (Å²) in [5.74, 6) is 1.77. The molecule has 0 spiro atoms. The largest absolute Gasteiger partial charge is 0.457 e. The number of hydrogen-bond donors (Lipinski definition) is 0. The molecule has 334 valence electrons. The summed E-state index contributed by atoms with van der Waals surface area (Å²) in [5, 5.41) is 2.05. The van der Waals surface area contributed by atoms with Gasteiger partial charge in [-0.25, -0.2) is 4.98 Å². The quantitative estimate of drug-likeness (QED) is 0.152. The standard InChI is InChI=1S/C63H56N4O/c1-42-34-60(64-40-55(42)45-35-46(62(2,3)4)37-47(36-45)63(5,6)7)67-56-29-15-14-26-53(56)54-33-32-50(39-59(54)67)68-49-25-18-24-48(38-49)65-41-66(58-31-17-16-30-57(58)65)61-51(43-20-10-8-11-21-43)27-19-28-52(61)44-22-12-9-13-23-44/h8-40H,41H2,1-7H3/i34D,40D. The van der Waals surface area contributed by atoms with Crippen LogP contribution in [0.15, 0.2) is 200 Å². The predicted octanol–water partition coefficient (Wildman–Crippen LogP) is 17.1. The first-order chi connectivity index (χ1) is 33.7. The Bertz CT molecular complexity index is 3530. The Kier molecular flexibility index (Phi) is 9.96. The first-order valence-electron chi connectivity index (χ1n) is 24.6. The zero-order valence-electron chi connectivity index (χ0n) is 41.8. The van der Waals surface area contributed by atoms with E-state index in [1.807, 2.05) is 41.8 Å². The van der Waals surface area contributed by atoms with Crippen molar-refractivity contribution in [1.29, 1.82) is 0 Å². The van der Waals surface area contributed by atoms with Crippen molar-refractivity contribution < 1.29 is 7.48 Å². The maximum absolute atomic E-state index is 9.73. The number of hydrogen-bond acceptors (Lipinski definition) is 4. The van der Waals surface area contributed by atoms with Crippen LogP contribution in [0, 0.1) is 6.92 Å². The maximum atomic E-state index is 9.73. The first kappa shape index (κ1) is 40.4. The van der Waals surface area contributed by atoms with Gasteiger partial charge in [0.1, 0.15) is 24.0 Å². The molecule has 2 aromatic heterocycles. The van der Waals surface area contributed by atoms with Gasteiger partial charge in [0, 0.05) is 51.5 Å². The second-order valence-corrected chi connectivity index (χ2v) is 20.0. The molecule has 0 fully saturated rings. The number of fused-ring (bicyclic) bond motifs is 4.